The molecule has 3 aromatic rings. The molecule has 1 aromatic heterocycles. The fourth-order valence-corrected chi connectivity index (χ4v) is 9.43. The molecule has 1 N–H and O–H groups in total. The number of benzene rings is 2. The van der Waals surface area contributed by atoms with Crippen LogP contribution < -0.4 is 14.9 Å². The van der Waals surface area contributed by atoms with Gasteiger partial charge in [0.15, 0.2) is 0 Å². The zero-order chi connectivity index (χ0) is 23.4. The molecule has 2 fully saturated rings. The third kappa shape index (κ3) is 3.78. The molecule has 176 valence electrons. The minimum absolute atomic E-state index is 0.0150. The molecule has 2 aliphatic carbocycles. The zero-order valence-corrected chi connectivity index (χ0v) is 21.1. The molecule has 6 rings (SSSR count). The van der Waals surface area contributed by atoms with Crippen LogP contribution in [0.25, 0.3) is 0 Å². The highest BCUT2D eigenvalue weighted by Gasteiger charge is 2.55. The number of anilines is 1. The summed E-state index contributed by atoms with van der Waals surface area (Å²) in [5.41, 5.74) is 1.91. The lowest BCUT2D eigenvalue weighted by Gasteiger charge is -2.40. The highest BCUT2D eigenvalue weighted by Crippen LogP contribution is 2.64. The molecule has 2 saturated carbocycles. The van der Waals surface area contributed by atoms with E-state index in [1.54, 1.807) is 35.9 Å². The fraction of sp³-hybridized carbons (Fsp3) is 0.385. The number of fused-ring (bicyclic) bond motifs is 6. The Labute approximate surface area is 211 Å². The molecule has 0 saturated heterocycles. The topological polar surface area (TPSA) is 60.3 Å². The van der Waals surface area contributed by atoms with Gasteiger partial charge in [0.1, 0.15) is 12.3 Å². The quantitative estimate of drug-likeness (QED) is 0.465. The number of halogens is 1. The molecule has 5 nitrogen and oxygen atoms in total. The summed E-state index contributed by atoms with van der Waals surface area (Å²) < 4.78 is 7.07. The van der Waals surface area contributed by atoms with E-state index in [-0.39, 0.29) is 23.2 Å². The Hall–Kier alpha value is -2.22. The van der Waals surface area contributed by atoms with Crippen LogP contribution in [-0.2, 0) is 11.3 Å². The van der Waals surface area contributed by atoms with Crippen molar-refractivity contribution in [1.82, 2.24) is 4.57 Å². The van der Waals surface area contributed by atoms with Crippen LogP contribution in [0, 0.1) is 17.8 Å². The van der Waals surface area contributed by atoms with E-state index < -0.39 is 0 Å². The van der Waals surface area contributed by atoms with E-state index in [2.05, 4.69) is 17.4 Å². The van der Waals surface area contributed by atoms with Crippen molar-refractivity contribution < 1.29 is 9.53 Å². The number of carbonyl (C=O) groups excluding carboxylic acids is 1. The van der Waals surface area contributed by atoms with Crippen molar-refractivity contribution >= 4 is 46.3 Å². The molecule has 5 atom stereocenters. The predicted octanol–water partition coefficient (Wildman–Crippen LogP) is 5.86. The van der Waals surface area contributed by atoms with Crippen molar-refractivity contribution in [3.63, 3.8) is 0 Å². The lowest BCUT2D eigenvalue weighted by atomic mass is 9.75. The smallest absolute Gasteiger partial charge is 0.308 e. The summed E-state index contributed by atoms with van der Waals surface area (Å²) in [5, 5.41) is 4.99. The van der Waals surface area contributed by atoms with E-state index in [1.165, 1.54) is 36.2 Å². The van der Waals surface area contributed by atoms with Crippen LogP contribution in [-0.4, -0.2) is 22.8 Å². The maximum Gasteiger partial charge on any atom is 0.308 e. The first kappa shape index (κ1) is 22.3. The molecule has 1 aliphatic heterocycles. The summed E-state index contributed by atoms with van der Waals surface area (Å²) in [6, 6.07) is 15.3. The molecule has 3 aliphatic rings. The van der Waals surface area contributed by atoms with E-state index in [9.17, 15) is 9.59 Å². The van der Waals surface area contributed by atoms with E-state index in [0.717, 1.165) is 15.7 Å². The van der Waals surface area contributed by atoms with Gasteiger partial charge in [0.2, 0.25) is 5.91 Å². The molecular formula is C26H25ClN2O3S2. The second-order valence-electron chi connectivity index (χ2n) is 9.42. The Balaban J connectivity index is 1.35. The molecule has 0 radical (unpaired) electrons. The number of aromatic nitrogens is 1. The van der Waals surface area contributed by atoms with Crippen LogP contribution in [0.15, 0.2) is 58.4 Å². The first-order chi connectivity index (χ1) is 16.5. The van der Waals surface area contributed by atoms with Gasteiger partial charge in [0, 0.05) is 26.8 Å². The summed E-state index contributed by atoms with van der Waals surface area (Å²) in [5.74, 6) is 2.77. The number of nitrogens with one attached hydrogen (secondary N) is 1. The predicted molar refractivity (Wildman–Crippen MR) is 137 cm³/mol. The summed E-state index contributed by atoms with van der Waals surface area (Å²) in [4.78, 5) is 27.1. The van der Waals surface area contributed by atoms with E-state index in [1.807, 2.05) is 23.9 Å². The number of thiazole rings is 1. The number of hydrogen-bond acceptors (Lipinski definition) is 5. The monoisotopic (exact) mass is 512 g/mol. The fourth-order valence-electron chi connectivity index (χ4n) is 6.15. The Morgan fingerprint density at radius 3 is 2.59 bits per heavy atom. The number of rotatable bonds is 5. The summed E-state index contributed by atoms with van der Waals surface area (Å²) in [6.45, 7) is 0.0150. The van der Waals surface area contributed by atoms with Gasteiger partial charge in [0.25, 0.3) is 0 Å². The Kier molecular flexibility index (Phi) is 5.74. The van der Waals surface area contributed by atoms with Crippen molar-refractivity contribution in [2.75, 3.05) is 12.4 Å². The zero-order valence-electron chi connectivity index (χ0n) is 18.7. The minimum atomic E-state index is -0.207. The number of hydrogen-bond donors (Lipinski definition) is 1. The SMILES string of the molecule is COc1ccc([C@@H]2c3sc(=O)n(CC(=O)Nc4ccc(Cl)cc4)c3S[C@@H]3[C@H]4CC[C@@H](C4)[C@@H]23)cc1. The number of methoxy groups -OCH3 is 1. The second kappa shape index (κ2) is 8.77. The third-order valence-electron chi connectivity index (χ3n) is 7.60. The van der Waals surface area contributed by atoms with Gasteiger partial charge in [0.05, 0.1) is 12.1 Å². The lowest BCUT2D eigenvalue weighted by molar-refractivity contribution is -0.116. The summed E-state index contributed by atoms with van der Waals surface area (Å²) >= 11 is 9.11. The second-order valence-corrected chi connectivity index (χ2v) is 12.0. The number of carbonyl (C=O) groups is 1. The van der Waals surface area contributed by atoms with Gasteiger partial charge in [-0.3, -0.25) is 14.2 Å². The molecule has 34 heavy (non-hydrogen) atoms. The Morgan fingerprint density at radius 1 is 1.12 bits per heavy atom. The van der Waals surface area contributed by atoms with Gasteiger partial charge in [-0.15, -0.1) is 11.8 Å². The van der Waals surface area contributed by atoms with E-state index >= 15 is 0 Å². The standard InChI is InChI=1S/C26H25ClN2O3S2/c1-32-19-10-4-14(5-11-19)21-22-15-2-3-16(12-15)23(22)33-25-24(21)34-26(31)29(25)13-20(30)28-18-8-6-17(27)7-9-18/h4-11,15-16,21-23H,2-3,12-13H2,1H3,(H,28,30)/t15-,16-,21-,22-,23+/m0/s1. The normalized spacial score (nSPS) is 26.7. The third-order valence-corrected chi connectivity index (χ3v) is 10.7. The van der Waals surface area contributed by atoms with Crippen molar-refractivity contribution in [2.45, 2.75) is 42.0 Å². The van der Waals surface area contributed by atoms with Gasteiger partial charge in [-0.05, 0) is 79.0 Å². The van der Waals surface area contributed by atoms with E-state index in [0.29, 0.717) is 33.7 Å². The van der Waals surface area contributed by atoms with E-state index in [4.69, 9.17) is 16.3 Å². The molecule has 0 spiro atoms. The average Bonchev–Trinajstić information content (AvgIpc) is 3.54. The molecule has 0 unspecified atom stereocenters. The number of ether oxygens (including phenoxy) is 1. The molecule has 1 amide bonds. The maximum atomic E-state index is 13.2. The first-order valence-corrected chi connectivity index (χ1v) is 13.7. The van der Waals surface area contributed by atoms with Gasteiger partial charge >= 0.3 is 4.87 Å². The van der Waals surface area contributed by atoms with Gasteiger partial charge in [-0.2, -0.15) is 0 Å². The van der Waals surface area contributed by atoms with Crippen molar-refractivity contribution in [3.8, 4) is 5.75 Å². The Morgan fingerprint density at radius 2 is 1.85 bits per heavy atom. The minimum Gasteiger partial charge on any atom is -0.497 e. The van der Waals surface area contributed by atoms with Gasteiger partial charge in [-0.25, -0.2) is 0 Å². The number of nitrogens with zero attached hydrogens (tertiary/aromatic N) is 1. The highest BCUT2D eigenvalue weighted by molar-refractivity contribution is 8.00. The molecule has 8 heteroatoms. The summed E-state index contributed by atoms with van der Waals surface area (Å²) in [7, 11) is 1.68. The lowest BCUT2D eigenvalue weighted by Crippen LogP contribution is -2.34. The van der Waals surface area contributed by atoms with Gasteiger partial charge in [-0.1, -0.05) is 35.1 Å². The van der Waals surface area contributed by atoms with Gasteiger partial charge < -0.3 is 10.1 Å². The maximum absolute atomic E-state index is 13.2. The van der Waals surface area contributed by atoms with Crippen LogP contribution in [0.4, 0.5) is 5.69 Å². The largest absolute Gasteiger partial charge is 0.497 e. The number of thioether (sulfide) groups is 1. The van der Waals surface area contributed by atoms with Crippen LogP contribution in [0.1, 0.15) is 35.6 Å². The summed E-state index contributed by atoms with van der Waals surface area (Å²) in [6.07, 6.45) is 3.84. The van der Waals surface area contributed by atoms with Crippen LogP contribution in [0.2, 0.25) is 5.02 Å². The van der Waals surface area contributed by atoms with Crippen molar-refractivity contribution in [1.29, 1.82) is 0 Å². The molecule has 2 aromatic carbocycles. The van der Waals surface area contributed by atoms with Crippen molar-refractivity contribution in [3.05, 3.63) is 73.7 Å². The van der Waals surface area contributed by atoms with Crippen LogP contribution in [0.3, 0.4) is 0 Å². The highest BCUT2D eigenvalue weighted by atomic mass is 35.5. The van der Waals surface area contributed by atoms with Crippen molar-refractivity contribution in [2.24, 2.45) is 17.8 Å². The molecule has 2 heterocycles. The molecular weight excluding hydrogens is 488 g/mol. The first-order valence-electron chi connectivity index (χ1n) is 11.6. The van der Waals surface area contributed by atoms with Crippen LogP contribution in [0.5, 0.6) is 5.75 Å². The molecule has 2 bridgehead atoms. The number of amides is 1. The van der Waals surface area contributed by atoms with Crippen LogP contribution >= 0.6 is 34.7 Å². The average molecular weight is 513 g/mol. The Bertz CT molecular complexity index is 1280.